The second-order valence-electron chi connectivity index (χ2n) is 4.24. The van der Waals surface area contributed by atoms with Crippen LogP contribution in [0.1, 0.15) is 56.3 Å². The molecule has 0 radical (unpaired) electrons. The Kier molecular flexibility index (Phi) is 5.16. The minimum Gasteiger partial charge on any atom is -0.472 e. The first-order valence-electron chi connectivity index (χ1n) is 5.79. The van der Waals surface area contributed by atoms with Gasteiger partial charge >= 0.3 is 0 Å². The van der Waals surface area contributed by atoms with E-state index in [4.69, 9.17) is 4.42 Å². The van der Waals surface area contributed by atoms with Gasteiger partial charge in [-0.05, 0) is 12.0 Å². The zero-order chi connectivity index (χ0) is 11.1. The van der Waals surface area contributed by atoms with Gasteiger partial charge in [0.1, 0.15) is 6.26 Å². The summed E-state index contributed by atoms with van der Waals surface area (Å²) in [4.78, 5) is 11.7. The predicted molar refractivity (Wildman–Crippen MR) is 61.0 cm³/mol. The van der Waals surface area contributed by atoms with Crippen molar-refractivity contribution in [3.8, 4) is 0 Å². The average molecular weight is 208 g/mol. The maximum atomic E-state index is 11.7. The quantitative estimate of drug-likeness (QED) is 0.499. The fourth-order valence-corrected chi connectivity index (χ4v) is 1.70. The van der Waals surface area contributed by atoms with Gasteiger partial charge in [0.2, 0.25) is 0 Å². The molecule has 0 fully saturated rings. The van der Waals surface area contributed by atoms with Crippen LogP contribution in [0.25, 0.3) is 0 Å². The van der Waals surface area contributed by atoms with Crippen molar-refractivity contribution in [2.45, 2.75) is 46.0 Å². The summed E-state index contributed by atoms with van der Waals surface area (Å²) in [5.74, 6) is 0.687. The molecule has 1 aromatic rings. The number of carbonyl (C=O) groups is 1. The zero-order valence-corrected chi connectivity index (χ0v) is 9.66. The van der Waals surface area contributed by atoms with Crippen LogP contribution in [0.5, 0.6) is 0 Å². The van der Waals surface area contributed by atoms with Gasteiger partial charge in [-0.1, -0.05) is 39.5 Å². The number of hydrogen-bond donors (Lipinski definition) is 0. The monoisotopic (exact) mass is 208 g/mol. The van der Waals surface area contributed by atoms with Gasteiger partial charge in [0, 0.05) is 6.42 Å². The molecule has 0 aliphatic rings. The Balaban J connectivity index is 2.26. The molecule has 1 atom stereocenters. The normalized spacial score (nSPS) is 12.7. The van der Waals surface area contributed by atoms with E-state index in [1.807, 2.05) is 0 Å². The molecule has 0 bridgehead atoms. The molecule has 2 nitrogen and oxygen atoms in total. The van der Waals surface area contributed by atoms with Crippen LogP contribution in [0.4, 0.5) is 0 Å². The molecular formula is C13H20O2. The third-order valence-corrected chi connectivity index (χ3v) is 2.68. The molecule has 0 saturated carbocycles. The van der Waals surface area contributed by atoms with Gasteiger partial charge in [0.25, 0.3) is 0 Å². The molecule has 1 heterocycles. The van der Waals surface area contributed by atoms with E-state index in [9.17, 15) is 4.79 Å². The summed E-state index contributed by atoms with van der Waals surface area (Å²) in [6, 6.07) is 1.74. The summed E-state index contributed by atoms with van der Waals surface area (Å²) in [5.41, 5.74) is 0.706. The maximum Gasteiger partial charge on any atom is 0.166 e. The van der Waals surface area contributed by atoms with E-state index in [1.165, 1.54) is 25.5 Å². The number of unbranched alkanes of at least 4 members (excludes halogenated alkanes) is 2. The summed E-state index contributed by atoms with van der Waals surface area (Å²) in [7, 11) is 0. The van der Waals surface area contributed by atoms with Crippen molar-refractivity contribution in [3.05, 3.63) is 24.2 Å². The summed E-state index contributed by atoms with van der Waals surface area (Å²) in [6.07, 6.45) is 8.61. The lowest BCUT2D eigenvalue weighted by Crippen LogP contribution is -2.05. The number of hydrogen-bond acceptors (Lipinski definition) is 2. The minimum absolute atomic E-state index is 0.202. The summed E-state index contributed by atoms with van der Waals surface area (Å²) >= 11 is 0. The lowest BCUT2D eigenvalue weighted by molar-refractivity contribution is 0.0961. The highest BCUT2D eigenvalue weighted by atomic mass is 16.3. The minimum atomic E-state index is 0.202. The predicted octanol–water partition coefficient (Wildman–Crippen LogP) is 4.07. The van der Waals surface area contributed by atoms with Crippen molar-refractivity contribution in [1.29, 1.82) is 0 Å². The van der Waals surface area contributed by atoms with Crippen molar-refractivity contribution >= 4 is 5.78 Å². The van der Waals surface area contributed by atoms with Crippen LogP contribution < -0.4 is 0 Å². The van der Waals surface area contributed by atoms with Crippen molar-refractivity contribution in [1.82, 2.24) is 0 Å². The van der Waals surface area contributed by atoms with Crippen molar-refractivity contribution < 1.29 is 9.21 Å². The van der Waals surface area contributed by atoms with Crippen molar-refractivity contribution in [3.63, 3.8) is 0 Å². The Morgan fingerprint density at radius 1 is 1.47 bits per heavy atom. The molecule has 15 heavy (non-hydrogen) atoms. The van der Waals surface area contributed by atoms with E-state index in [-0.39, 0.29) is 5.78 Å². The van der Waals surface area contributed by atoms with Crippen LogP contribution in [-0.4, -0.2) is 5.78 Å². The highest BCUT2D eigenvalue weighted by Gasteiger charge is 2.11. The van der Waals surface area contributed by atoms with Gasteiger partial charge in [-0.2, -0.15) is 0 Å². The lowest BCUT2D eigenvalue weighted by Gasteiger charge is -2.08. The van der Waals surface area contributed by atoms with E-state index in [2.05, 4.69) is 13.8 Å². The third-order valence-electron chi connectivity index (χ3n) is 2.68. The summed E-state index contributed by atoms with van der Waals surface area (Å²) in [5, 5.41) is 0. The smallest absolute Gasteiger partial charge is 0.166 e. The third kappa shape index (κ3) is 4.32. The fourth-order valence-electron chi connectivity index (χ4n) is 1.70. The first-order chi connectivity index (χ1) is 7.24. The SMILES string of the molecule is CCCCCC(C)CC(=O)c1ccoc1. The molecule has 1 unspecified atom stereocenters. The van der Waals surface area contributed by atoms with Crippen LogP contribution in [-0.2, 0) is 0 Å². The van der Waals surface area contributed by atoms with Crippen LogP contribution >= 0.6 is 0 Å². The highest BCUT2D eigenvalue weighted by molar-refractivity contribution is 5.95. The molecule has 0 aliphatic carbocycles. The van der Waals surface area contributed by atoms with E-state index < -0.39 is 0 Å². The fraction of sp³-hybridized carbons (Fsp3) is 0.615. The first kappa shape index (κ1) is 12.0. The van der Waals surface area contributed by atoms with E-state index in [0.717, 1.165) is 6.42 Å². The van der Waals surface area contributed by atoms with Crippen LogP contribution in [0.3, 0.4) is 0 Å². The van der Waals surface area contributed by atoms with Gasteiger partial charge < -0.3 is 4.42 Å². The number of rotatable bonds is 7. The number of carbonyl (C=O) groups excluding carboxylic acids is 1. The largest absolute Gasteiger partial charge is 0.472 e. The number of Topliss-reactive ketones (excluding diaryl/α,β-unsaturated/α-hetero) is 1. The Morgan fingerprint density at radius 3 is 2.87 bits per heavy atom. The van der Waals surface area contributed by atoms with Gasteiger partial charge in [-0.15, -0.1) is 0 Å². The van der Waals surface area contributed by atoms with Gasteiger partial charge in [0.15, 0.2) is 5.78 Å². The highest BCUT2D eigenvalue weighted by Crippen LogP contribution is 2.16. The molecule has 0 aliphatic heterocycles. The van der Waals surface area contributed by atoms with Gasteiger partial charge in [-0.25, -0.2) is 0 Å². The second-order valence-corrected chi connectivity index (χ2v) is 4.24. The topological polar surface area (TPSA) is 30.2 Å². The molecule has 1 rings (SSSR count). The van der Waals surface area contributed by atoms with Crippen molar-refractivity contribution in [2.24, 2.45) is 5.92 Å². The molecule has 0 saturated heterocycles. The van der Waals surface area contributed by atoms with E-state index >= 15 is 0 Å². The first-order valence-corrected chi connectivity index (χ1v) is 5.79. The van der Waals surface area contributed by atoms with Gasteiger partial charge in [-0.3, -0.25) is 4.79 Å². The summed E-state index contributed by atoms with van der Waals surface area (Å²) < 4.78 is 4.89. The number of ketones is 1. The van der Waals surface area contributed by atoms with Crippen molar-refractivity contribution in [2.75, 3.05) is 0 Å². The molecule has 0 aromatic carbocycles. The van der Waals surface area contributed by atoms with Gasteiger partial charge in [0.05, 0.1) is 11.8 Å². The molecular weight excluding hydrogens is 188 g/mol. The average Bonchev–Trinajstić information content (AvgIpc) is 2.70. The second kappa shape index (κ2) is 6.44. The van der Waals surface area contributed by atoms with Crippen LogP contribution in [0, 0.1) is 5.92 Å². The number of furan rings is 1. The molecule has 0 spiro atoms. The molecule has 84 valence electrons. The standard InChI is InChI=1S/C13H20O2/c1-3-4-5-6-11(2)9-13(14)12-7-8-15-10-12/h7-8,10-11H,3-6,9H2,1-2H3. The molecule has 0 amide bonds. The van der Waals surface area contributed by atoms with E-state index in [1.54, 1.807) is 12.3 Å². The molecule has 2 heteroatoms. The lowest BCUT2D eigenvalue weighted by atomic mass is 9.96. The maximum absolute atomic E-state index is 11.7. The Labute approximate surface area is 91.7 Å². The molecule has 1 aromatic heterocycles. The Morgan fingerprint density at radius 2 is 2.27 bits per heavy atom. The zero-order valence-electron chi connectivity index (χ0n) is 9.66. The Hall–Kier alpha value is -1.05. The molecule has 0 N–H and O–H groups in total. The van der Waals surface area contributed by atoms with Crippen LogP contribution in [0.15, 0.2) is 23.0 Å². The summed E-state index contributed by atoms with van der Waals surface area (Å²) in [6.45, 7) is 4.34. The van der Waals surface area contributed by atoms with Crippen LogP contribution in [0.2, 0.25) is 0 Å². The Bertz CT molecular complexity index is 275. The van der Waals surface area contributed by atoms with E-state index in [0.29, 0.717) is 17.9 Å².